The minimum absolute atomic E-state index is 0.152. The van der Waals surface area contributed by atoms with Gasteiger partial charge in [0.1, 0.15) is 5.84 Å². The molecule has 1 aliphatic rings. The van der Waals surface area contributed by atoms with E-state index in [1.54, 1.807) is 0 Å². The Kier molecular flexibility index (Phi) is 4.31. The van der Waals surface area contributed by atoms with E-state index < -0.39 is 5.54 Å². The molecular formula is C22H17ClN2O. The molecule has 1 aliphatic heterocycles. The van der Waals surface area contributed by atoms with Crippen LogP contribution in [0.15, 0.2) is 89.9 Å². The number of carbonyl (C=O) groups excluding carboxylic acids is 1. The molecule has 1 N–H and O–H groups in total. The average molecular weight is 361 g/mol. The van der Waals surface area contributed by atoms with Gasteiger partial charge in [0, 0.05) is 11.4 Å². The van der Waals surface area contributed by atoms with Crippen LogP contribution in [0, 0.1) is 0 Å². The van der Waals surface area contributed by atoms with Crippen LogP contribution < -0.4 is 5.32 Å². The van der Waals surface area contributed by atoms with Crippen molar-refractivity contribution >= 4 is 23.3 Å². The summed E-state index contributed by atoms with van der Waals surface area (Å²) < 4.78 is 0. The van der Waals surface area contributed by atoms with E-state index in [4.69, 9.17) is 16.6 Å². The summed E-state index contributed by atoms with van der Waals surface area (Å²) in [6, 6.07) is 27.1. The molecule has 3 aromatic rings. The molecule has 4 rings (SSSR count). The Morgan fingerprint density at radius 1 is 0.846 bits per heavy atom. The average Bonchev–Trinajstić information content (AvgIpc) is 3.08. The maximum atomic E-state index is 13.2. The summed E-state index contributed by atoms with van der Waals surface area (Å²) in [6.07, 6.45) is 0. The molecule has 0 atom stereocenters. The lowest BCUT2D eigenvalue weighted by Gasteiger charge is -2.24. The fourth-order valence-corrected chi connectivity index (χ4v) is 3.47. The number of rotatable bonds is 4. The number of halogens is 1. The van der Waals surface area contributed by atoms with Crippen LogP contribution in [0.4, 0.5) is 0 Å². The van der Waals surface area contributed by atoms with Gasteiger partial charge >= 0.3 is 0 Å². The van der Waals surface area contributed by atoms with Crippen molar-refractivity contribution < 1.29 is 4.79 Å². The van der Waals surface area contributed by atoms with Crippen molar-refractivity contribution in [2.45, 2.75) is 11.4 Å². The third-order valence-electron chi connectivity index (χ3n) is 4.58. The molecule has 0 aliphatic carbocycles. The molecule has 3 nitrogen and oxygen atoms in total. The minimum Gasteiger partial charge on any atom is -0.308 e. The number of hydrogen-bond donors (Lipinski definition) is 1. The van der Waals surface area contributed by atoms with Crippen molar-refractivity contribution in [3.8, 4) is 0 Å². The number of amidine groups is 1. The van der Waals surface area contributed by atoms with E-state index in [2.05, 4.69) is 5.32 Å². The first-order chi connectivity index (χ1) is 12.7. The summed E-state index contributed by atoms with van der Waals surface area (Å²) >= 11 is 5.95. The normalized spacial score (nSPS) is 15.4. The predicted molar refractivity (Wildman–Crippen MR) is 104 cm³/mol. The zero-order valence-corrected chi connectivity index (χ0v) is 14.8. The summed E-state index contributed by atoms with van der Waals surface area (Å²) in [7, 11) is 0. The third kappa shape index (κ3) is 2.71. The molecule has 0 unspecified atom stereocenters. The van der Waals surface area contributed by atoms with E-state index in [1.807, 2.05) is 84.9 Å². The lowest BCUT2D eigenvalue weighted by atomic mass is 9.83. The highest BCUT2D eigenvalue weighted by atomic mass is 35.5. The van der Waals surface area contributed by atoms with Crippen LogP contribution in [0.5, 0.6) is 0 Å². The van der Waals surface area contributed by atoms with E-state index in [0.717, 1.165) is 22.3 Å². The number of nitrogens with zero attached hydrogens (tertiary/aromatic N) is 1. The number of carbonyl (C=O) groups is 1. The van der Waals surface area contributed by atoms with E-state index in [9.17, 15) is 4.79 Å². The van der Waals surface area contributed by atoms with Crippen molar-refractivity contribution in [1.82, 2.24) is 5.32 Å². The third-order valence-corrected chi connectivity index (χ3v) is 4.89. The second-order valence-electron chi connectivity index (χ2n) is 6.19. The monoisotopic (exact) mass is 360 g/mol. The number of hydrogen-bond acceptors (Lipinski definition) is 2. The Balaban J connectivity index is 1.91. The molecule has 128 valence electrons. The minimum atomic E-state index is -1.09. The molecule has 1 amide bonds. The molecule has 0 fully saturated rings. The second kappa shape index (κ2) is 6.77. The second-order valence-corrected chi connectivity index (χ2v) is 6.46. The highest BCUT2D eigenvalue weighted by molar-refractivity contribution is 6.18. The fraction of sp³-hybridized carbons (Fsp3) is 0.0909. The molecule has 3 aromatic carbocycles. The smallest absolute Gasteiger partial charge is 0.262 e. The first-order valence-electron chi connectivity index (χ1n) is 8.41. The van der Waals surface area contributed by atoms with Gasteiger partial charge in [-0.05, 0) is 22.8 Å². The fourth-order valence-electron chi connectivity index (χ4n) is 3.30. The van der Waals surface area contributed by atoms with Crippen LogP contribution in [-0.4, -0.2) is 11.7 Å². The first kappa shape index (κ1) is 16.6. The van der Waals surface area contributed by atoms with Gasteiger partial charge in [0.25, 0.3) is 5.91 Å². The molecule has 26 heavy (non-hydrogen) atoms. The Morgan fingerprint density at radius 2 is 1.46 bits per heavy atom. The summed E-state index contributed by atoms with van der Waals surface area (Å²) in [6.45, 7) is 0. The molecule has 0 radical (unpaired) electrons. The molecular weight excluding hydrogens is 344 g/mol. The van der Waals surface area contributed by atoms with Crippen LogP contribution in [0.1, 0.15) is 22.3 Å². The van der Waals surface area contributed by atoms with Crippen LogP contribution in [-0.2, 0) is 16.2 Å². The van der Waals surface area contributed by atoms with Gasteiger partial charge in [-0.15, -0.1) is 11.6 Å². The number of aliphatic imine (C=N–C) groups is 1. The van der Waals surface area contributed by atoms with Crippen LogP contribution in [0.2, 0.25) is 0 Å². The number of benzene rings is 3. The summed E-state index contributed by atoms with van der Waals surface area (Å²) in [4.78, 5) is 18.1. The first-order valence-corrected chi connectivity index (χ1v) is 8.95. The number of alkyl halides is 1. The molecule has 0 saturated heterocycles. The summed E-state index contributed by atoms with van der Waals surface area (Å²) in [5.74, 6) is 0.827. The summed E-state index contributed by atoms with van der Waals surface area (Å²) in [5, 5.41) is 2.98. The van der Waals surface area contributed by atoms with Gasteiger partial charge in [0.2, 0.25) is 0 Å². The van der Waals surface area contributed by atoms with Gasteiger partial charge < -0.3 is 5.32 Å². The highest BCUT2D eigenvalue weighted by Gasteiger charge is 2.46. The zero-order chi connectivity index (χ0) is 18.0. The molecule has 0 aromatic heterocycles. The maximum absolute atomic E-state index is 13.2. The van der Waals surface area contributed by atoms with Crippen LogP contribution in [0.3, 0.4) is 0 Å². The van der Waals surface area contributed by atoms with Crippen LogP contribution in [0.25, 0.3) is 0 Å². The topological polar surface area (TPSA) is 41.5 Å². The number of nitrogens with one attached hydrogen (secondary N) is 1. The Bertz CT molecular complexity index is 928. The quantitative estimate of drug-likeness (QED) is 0.694. The van der Waals surface area contributed by atoms with Gasteiger partial charge in [-0.1, -0.05) is 78.9 Å². The van der Waals surface area contributed by atoms with Gasteiger partial charge in [0.05, 0.1) is 0 Å². The van der Waals surface area contributed by atoms with E-state index >= 15 is 0 Å². The van der Waals surface area contributed by atoms with E-state index in [0.29, 0.717) is 11.7 Å². The van der Waals surface area contributed by atoms with Gasteiger partial charge in [0.15, 0.2) is 5.54 Å². The van der Waals surface area contributed by atoms with Crippen molar-refractivity contribution in [2.24, 2.45) is 4.99 Å². The van der Waals surface area contributed by atoms with Gasteiger partial charge in [-0.3, -0.25) is 4.79 Å². The standard InChI is InChI=1S/C22H17ClN2O/c23-15-16-8-7-9-17(14-16)20-24-21(26)22(25-20,18-10-3-1-4-11-18)19-12-5-2-6-13-19/h1-14H,15H2,(H,24,25,26). The molecule has 1 heterocycles. The van der Waals surface area contributed by atoms with Crippen molar-refractivity contribution in [2.75, 3.05) is 0 Å². The van der Waals surface area contributed by atoms with Crippen molar-refractivity contribution in [1.29, 1.82) is 0 Å². The van der Waals surface area contributed by atoms with Crippen molar-refractivity contribution in [3.63, 3.8) is 0 Å². The Labute approximate surface area is 157 Å². The lowest BCUT2D eigenvalue weighted by Crippen LogP contribution is -2.38. The molecule has 4 heteroatoms. The van der Waals surface area contributed by atoms with E-state index in [-0.39, 0.29) is 5.91 Å². The van der Waals surface area contributed by atoms with E-state index in [1.165, 1.54) is 0 Å². The Morgan fingerprint density at radius 3 is 2.04 bits per heavy atom. The Hall–Kier alpha value is -2.91. The largest absolute Gasteiger partial charge is 0.308 e. The molecule has 0 saturated carbocycles. The molecule has 0 bridgehead atoms. The number of amides is 1. The predicted octanol–water partition coefficient (Wildman–Crippen LogP) is 4.25. The van der Waals surface area contributed by atoms with Gasteiger partial charge in [-0.2, -0.15) is 0 Å². The zero-order valence-electron chi connectivity index (χ0n) is 14.0. The van der Waals surface area contributed by atoms with Crippen LogP contribution >= 0.6 is 11.6 Å². The van der Waals surface area contributed by atoms with Crippen molar-refractivity contribution in [3.05, 3.63) is 107 Å². The highest BCUT2D eigenvalue weighted by Crippen LogP contribution is 2.37. The molecule has 0 spiro atoms. The maximum Gasteiger partial charge on any atom is 0.262 e. The lowest BCUT2D eigenvalue weighted by molar-refractivity contribution is -0.122. The summed E-state index contributed by atoms with van der Waals surface area (Å²) in [5.41, 5.74) is 2.43. The SMILES string of the molecule is O=C1NC(c2cccc(CCl)c2)=NC1(c1ccccc1)c1ccccc1. The van der Waals surface area contributed by atoms with Gasteiger partial charge in [-0.25, -0.2) is 4.99 Å².